The number of nitrogens with zero attached hydrogens (tertiary/aromatic N) is 3. The van der Waals surface area contributed by atoms with Crippen molar-refractivity contribution in [2.24, 2.45) is 0 Å². The molecule has 0 aliphatic rings. The lowest BCUT2D eigenvalue weighted by atomic mass is 10.2. The molecule has 0 saturated heterocycles. The second-order valence-corrected chi connectivity index (χ2v) is 5.82. The van der Waals surface area contributed by atoms with E-state index >= 15 is 0 Å². The second-order valence-electron chi connectivity index (χ2n) is 4.88. The highest BCUT2D eigenvalue weighted by molar-refractivity contribution is 7.98. The maximum absolute atomic E-state index is 13.2. The first-order chi connectivity index (χ1) is 10.9. The van der Waals surface area contributed by atoms with E-state index in [1.807, 2.05) is 0 Å². The normalized spacial score (nSPS) is 12.1. The van der Waals surface area contributed by atoms with E-state index in [9.17, 15) is 19.1 Å². The van der Waals surface area contributed by atoms with E-state index in [1.165, 1.54) is 23.7 Å². The molecule has 1 heterocycles. The Morgan fingerprint density at radius 1 is 1.48 bits per heavy atom. The van der Waals surface area contributed by atoms with Gasteiger partial charge < -0.3 is 5.11 Å². The van der Waals surface area contributed by atoms with Crippen molar-refractivity contribution in [3.05, 3.63) is 51.7 Å². The number of aliphatic carboxylic acids is 1. The van der Waals surface area contributed by atoms with Crippen LogP contribution >= 0.6 is 11.8 Å². The van der Waals surface area contributed by atoms with Crippen molar-refractivity contribution >= 4 is 17.7 Å². The third kappa shape index (κ3) is 4.16. The number of aryl methyl sites for hydroxylation is 1. The molecule has 0 radical (unpaired) electrons. The van der Waals surface area contributed by atoms with Gasteiger partial charge in [-0.15, -0.1) is 0 Å². The van der Waals surface area contributed by atoms with E-state index in [-0.39, 0.29) is 16.7 Å². The van der Waals surface area contributed by atoms with Crippen LogP contribution in [0.5, 0.6) is 0 Å². The van der Waals surface area contributed by atoms with Crippen LogP contribution in [0.1, 0.15) is 31.1 Å². The number of hydrogen-bond donors (Lipinski definition) is 1. The molecule has 0 fully saturated rings. The van der Waals surface area contributed by atoms with Gasteiger partial charge in [0.1, 0.15) is 17.6 Å². The molecule has 0 saturated carbocycles. The number of carbonyl (C=O) groups is 1. The van der Waals surface area contributed by atoms with Crippen molar-refractivity contribution in [2.75, 3.05) is 0 Å². The zero-order chi connectivity index (χ0) is 17.0. The molecule has 23 heavy (non-hydrogen) atoms. The number of aromatic nitrogens is 3. The molecule has 0 bridgehead atoms. The van der Waals surface area contributed by atoms with Gasteiger partial charge in [0.2, 0.25) is 0 Å². The van der Waals surface area contributed by atoms with Gasteiger partial charge in [-0.2, -0.15) is 10.1 Å². The molecule has 122 valence electrons. The summed E-state index contributed by atoms with van der Waals surface area (Å²) in [7, 11) is 0. The fourth-order valence-corrected chi connectivity index (χ4v) is 2.82. The van der Waals surface area contributed by atoms with E-state index in [1.54, 1.807) is 19.1 Å². The van der Waals surface area contributed by atoms with Gasteiger partial charge in [-0.05, 0) is 31.0 Å². The smallest absolute Gasteiger partial charge is 0.328 e. The monoisotopic (exact) mass is 337 g/mol. The van der Waals surface area contributed by atoms with Crippen LogP contribution in [-0.2, 0) is 17.0 Å². The Morgan fingerprint density at radius 3 is 2.83 bits per heavy atom. The number of benzene rings is 1. The van der Waals surface area contributed by atoms with Crippen molar-refractivity contribution < 1.29 is 14.3 Å². The van der Waals surface area contributed by atoms with Gasteiger partial charge in [-0.25, -0.2) is 13.9 Å². The van der Waals surface area contributed by atoms with Crippen LogP contribution in [0.25, 0.3) is 0 Å². The highest BCUT2D eigenvalue weighted by Gasteiger charge is 2.20. The summed E-state index contributed by atoms with van der Waals surface area (Å²) in [5.74, 6) is -1.08. The predicted molar refractivity (Wildman–Crippen MR) is 84.0 cm³/mol. The SMILES string of the molecule is CCc1nn(C(C)C(=O)O)c(SCc2cccc(F)c2)nc1=O. The van der Waals surface area contributed by atoms with Crippen molar-refractivity contribution in [3.63, 3.8) is 0 Å². The van der Waals surface area contributed by atoms with Crippen LogP contribution in [0, 0.1) is 5.82 Å². The number of halogens is 1. The van der Waals surface area contributed by atoms with Crippen LogP contribution in [0.15, 0.2) is 34.2 Å². The Labute approximate surface area is 136 Å². The summed E-state index contributed by atoms with van der Waals surface area (Å²) in [5.41, 5.74) is 0.453. The van der Waals surface area contributed by atoms with E-state index in [2.05, 4.69) is 10.1 Å². The number of hydrogen-bond acceptors (Lipinski definition) is 5. The van der Waals surface area contributed by atoms with Gasteiger partial charge in [-0.3, -0.25) is 4.79 Å². The minimum absolute atomic E-state index is 0.200. The average Bonchev–Trinajstić information content (AvgIpc) is 2.52. The van der Waals surface area contributed by atoms with Crippen LogP contribution < -0.4 is 5.56 Å². The van der Waals surface area contributed by atoms with E-state index in [4.69, 9.17) is 0 Å². The number of rotatable bonds is 6. The molecular formula is C15H16FN3O3S. The lowest BCUT2D eigenvalue weighted by molar-refractivity contribution is -0.140. The molecular weight excluding hydrogens is 321 g/mol. The summed E-state index contributed by atoms with van der Waals surface area (Å²) < 4.78 is 14.4. The van der Waals surface area contributed by atoms with Crippen LogP contribution in [0.3, 0.4) is 0 Å². The highest BCUT2D eigenvalue weighted by atomic mass is 32.2. The van der Waals surface area contributed by atoms with Gasteiger partial charge in [-0.1, -0.05) is 30.8 Å². The molecule has 0 spiro atoms. The zero-order valence-electron chi connectivity index (χ0n) is 12.7. The fourth-order valence-electron chi connectivity index (χ4n) is 1.87. The summed E-state index contributed by atoms with van der Waals surface area (Å²) in [4.78, 5) is 27.0. The van der Waals surface area contributed by atoms with E-state index in [0.29, 0.717) is 17.7 Å². The summed E-state index contributed by atoms with van der Waals surface area (Å²) in [6.07, 6.45) is 0.368. The minimum Gasteiger partial charge on any atom is -0.480 e. The topological polar surface area (TPSA) is 85.1 Å². The van der Waals surface area contributed by atoms with Crippen molar-refractivity contribution in [1.82, 2.24) is 14.8 Å². The fraction of sp³-hybridized carbons (Fsp3) is 0.333. The Hall–Kier alpha value is -2.22. The van der Waals surface area contributed by atoms with Gasteiger partial charge in [0.15, 0.2) is 5.16 Å². The standard InChI is InChI=1S/C15H16FN3O3S/c1-3-12-13(20)17-15(19(18-12)9(2)14(21)22)23-8-10-5-4-6-11(16)7-10/h4-7,9H,3,8H2,1-2H3,(H,21,22). The molecule has 8 heteroatoms. The molecule has 2 aromatic rings. The molecule has 2 rings (SSSR count). The van der Waals surface area contributed by atoms with Crippen molar-refractivity contribution in [3.8, 4) is 0 Å². The lowest BCUT2D eigenvalue weighted by Gasteiger charge is -2.15. The molecule has 1 unspecified atom stereocenters. The third-order valence-corrected chi connectivity index (χ3v) is 4.20. The molecule has 1 aromatic heterocycles. The maximum atomic E-state index is 13.2. The molecule has 1 aromatic carbocycles. The molecule has 6 nitrogen and oxygen atoms in total. The summed E-state index contributed by atoms with van der Waals surface area (Å²) >= 11 is 1.15. The highest BCUT2D eigenvalue weighted by Crippen LogP contribution is 2.22. The van der Waals surface area contributed by atoms with Gasteiger partial charge in [0.05, 0.1) is 0 Å². The summed E-state index contributed by atoms with van der Waals surface area (Å²) in [6, 6.07) is 5.09. The van der Waals surface area contributed by atoms with Crippen molar-refractivity contribution in [2.45, 2.75) is 37.2 Å². The minimum atomic E-state index is -1.07. The Morgan fingerprint density at radius 2 is 2.22 bits per heavy atom. The maximum Gasteiger partial charge on any atom is 0.328 e. The van der Waals surface area contributed by atoms with Gasteiger partial charge in [0, 0.05) is 5.75 Å². The average molecular weight is 337 g/mol. The second kappa shape index (κ2) is 7.36. The Bertz CT molecular complexity index is 779. The molecule has 0 amide bonds. The molecule has 0 aliphatic heterocycles. The zero-order valence-corrected chi connectivity index (χ0v) is 13.5. The van der Waals surface area contributed by atoms with E-state index in [0.717, 1.165) is 11.8 Å². The third-order valence-electron chi connectivity index (χ3n) is 3.18. The number of carboxylic acid groups (broad SMARTS) is 1. The Kier molecular flexibility index (Phi) is 5.49. The first-order valence-electron chi connectivity index (χ1n) is 7.02. The van der Waals surface area contributed by atoms with Gasteiger partial charge >= 0.3 is 5.97 Å². The largest absolute Gasteiger partial charge is 0.480 e. The quantitative estimate of drug-likeness (QED) is 0.814. The van der Waals surface area contributed by atoms with Crippen LogP contribution in [0.4, 0.5) is 4.39 Å². The lowest BCUT2D eigenvalue weighted by Crippen LogP contribution is -2.28. The van der Waals surface area contributed by atoms with Crippen LogP contribution in [-0.4, -0.2) is 25.8 Å². The number of carboxylic acids is 1. The van der Waals surface area contributed by atoms with Crippen molar-refractivity contribution in [1.29, 1.82) is 0 Å². The predicted octanol–water partition coefficient (Wildman–Crippen LogP) is 2.28. The van der Waals surface area contributed by atoms with E-state index < -0.39 is 17.6 Å². The summed E-state index contributed by atoms with van der Waals surface area (Å²) in [5, 5.41) is 13.5. The molecule has 1 N–H and O–H groups in total. The Balaban J connectivity index is 2.34. The summed E-state index contributed by atoms with van der Waals surface area (Å²) in [6.45, 7) is 3.22. The first-order valence-corrected chi connectivity index (χ1v) is 8.00. The first kappa shape index (κ1) is 17.1. The molecule has 0 aliphatic carbocycles. The molecule has 1 atom stereocenters. The van der Waals surface area contributed by atoms with Gasteiger partial charge in [0.25, 0.3) is 5.56 Å². The number of thioether (sulfide) groups is 1. The van der Waals surface area contributed by atoms with Crippen LogP contribution in [0.2, 0.25) is 0 Å².